The Balaban J connectivity index is 2.30. The molecule has 0 saturated carbocycles. The van der Waals surface area contributed by atoms with Crippen LogP contribution < -0.4 is 0 Å². The summed E-state index contributed by atoms with van der Waals surface area (Å²) < 4.78 is 0. The molecule has 2 heterocycles. The van der Waals surface area contributed by atoms with E-state index >= 15 is 0 Å². The molecule has 0 radical (unpaired) electrons. The van der Waals surface area contributed by atoms with Crippen LogP contribution in [0.4, 0.5) is 0 Å². The first-order valence-corrected chi connectivity index (χ1v) is 4.03. The minimum Gasteiger partial charge on any atom is -0.273 e. The smallest absolute Gasteiger partial charge is 0.248 e. The van der Waals surface area contributed by atoms with Crippen LogP contribution >= 0.6 is 0 Å². The zero-order valence-corrected chi connectivity index (χ0v) is 7.27. The molecule has 1 aromatic rings. The first-order valence-electron chi connectivity index (χ1n) is 4.03. The third-order valence-electron chi connectivity index (χ3n) is 1.91. The lowest BCUT2D eigenvalue weighted by Crippen LogP contribution is -2.14. The van der Waals surface area contributed by atoms with Crippen LogP contribution in [-0.2, 0) is 4.79 Å². The molecule has 0 fully saturated rings. The normalized spacial score (nSPS) is 16.2. The Labute approximate surface area is 75.9 Å². The number of pyridine rings is 1. The molecule has 4 nitrogen and oxygen atoms in total. The van der Waals surface area contributed by atoms with Crippen molar-refractivity contribution in [2.45, 2.75) is 6.42 Å². The Kier molecular flexibility index (Phi) is 1.81. The van der Waals surface area contributed by atoms with E-state index in [0.717, 1.165) is 11.4 Å². The van der Waals surface area contributed by atoms with E-state index in [1.807, 2.05) is 18.2 Å². The molecule has 0 aromatic carbocycles. The molecule has 1 aromatic heterocycles. The quantitative estimate of drug-likeness (QED) is 0.629. The summed E-state index contributed by atoms with van der Waals surface area (Å²) >= 11 is 0. The van der Waals surface area contributed by atoms with Gasteiger partial charge in [-0.2, -0.15) is 5.10 Å². The summed E-state index contributed by atoms with van der Waals surface area (Å²) in [6.45, 7) is 0. The van der Waals surface area contributed by atoms with Gasteiger partial charge in [0.1, 0.15) is 0 Å². The highest BCUT2D eigenvalue weighted by molar-refractivity contribution is 6.12. The standard InChI is InChI=1S/C9H9N3O/c1-12-9(13)6-8(11-12)7-4-2-3-5-10-7/h2-5H,6H2,1H3. The minimum atomic E-state index is 0.0145. The number of carbonyl (C=O) groups is 1. The minimum absolute atomic E-state index is 0.0145. The molecular formula is C9H9N3O. The second-order valence-electron chi connectivity index (χ2n) is 2.86. The van der Waals surface area contributed by atoms with Gasteiger partial charge in [0, 0.05) is 13.2 Å². The van der Waals surface area contributed by atoms with Crippen LogP contribution in [0.1, 0.15) is 12.1 Å². The predicted octanol–water partition coefficient (Wildman–Crippen LogP) is 0.648. The average molecular weight is 175 g/mol. The second kappa shape index (κ2) is 2.97. The van der Waals surface area contributed by atoms with Gasteiger partial charge in [0.05, 0.1) is 17.8 Å². The van der Waals surface area contributed by atoms with Crippen molar-refractivity contribution >= 4 is 11.6 Å². The number of aromatic nitrogens is 1. The van der Waals surface area contributed by atoms with Crippen molar-refractivity contribution in [3.63, 3.8) is 0 Å². The number of amides is 1. The molecule has 1 aliphatic heterocycles. The summed E-state index contributed by atoms with van der Waals surface area (Å²) in [7, 11) is 1.65. The summed E-state index contributed by atoms with van der Waals surface area (Å²) in [5, 5.41) is 5.43. The van der Waals surface area contributed by atoms with Gasteiger partial charge in [-0.05, 0) is 12.1 Å². The lowest BCUT2D eigenvalue weighted by molar-refractivity contribution is -0.127. The third kappa shape index (κ3) is 1.42. The maximum Gasteiger partial charge on any atom is 0.248 e. The van der Waals surface area contributed by atoms with Crippen LogP contribution in [0.3, 0.4) is 0 Å². The molecular weight excluding hydrogens is 166 g/mol. The molecule has 66 valence electrons. The van der Waals surface area contributed by atoms with Crippen molar-refractivity contribution in [3.8, 4) is 0 Å². The molecule has 0 spiro atoms. The van der Waals surface area contributed by atoms with Gasteiger partial charge in [-0.15, -0.1) is 0 Å². The van der Waals surface area contributed by atoms with Crippen LogP contribution in [0.25, 0.3) is 0 Å². The SMILES string of the molecule is CN1N=C(c2ccccn2)CC1=O. The largest absolute Gasteiger partial charge is 0.273 e. The van der Waals surface area contributed by atoms with E-state index < -0.39 is 0 Å². The fourth-order valence-electron chi connectivity index (χ4n) is 1.21. The van der Waals surface area contributed by atoms with Crippen molar-refractivity contribution in [1.82, 2.24) is 9.99 Å². The fraction of sp³-hybridized carbons (Fsp3) is 0.222. The molecule has 4 heteroatoms. The maximum absolute atomic E-state index is 11.1. The number of carbonyl (C=O) groups excluding carboxylic acids is 1. The number of rotatable bonds is 1. The van der Waals surface area contributed by atoms with E-state index in [9.17, 15) is 4.79 Å². The molecule has 0 aliphatic carbocycles. The summed E-state index contributed by atoms with van der Waals surface area (Å²) in [6, 6.07) is 5.57. The highest BCUT2D eigenvalue weighted by Gasteiger charge is 2.21. The first kappa shape index (κ1) is 7.91. The number of hydrogen-bond acceptors (Lipinski definition) is 3. The van der Waals surface area contributed by atoms with Crippen LogP contribution in [0.5, 0.6) is 0 Å². The Morgan fingerprint density at radius 1 is 1.46 bits per heavy atom. The molecule has 1 aliphatic rings. The van der Waals surface area contributed by atoms with E-state index in [1.54, 1.807) is 13.2 Å². The summed E-state index contributed by atoms with van der Waals surface area (Å²) in [5.41, 5.74) is 1.52. The molecule has 1 amide bonds. The molecule has 0 bridgehead atoms. The Bertz CT molecular complexity index is 358. The van der Waals surface area contributed by atoms with Crippen LogP contribution in [0, 0.1) is 0 Å². The van der Waals surface area contributed by atoms with E-state index in [1.165, 1.54) is 5.01 Å². The van der Waals surface area contributed by atoms with E-state index in [2.05, 4.69) is 10.1 Å². The van der Waals surface area contributed by atoms with Crippen molar-refractivity contribution in [2.24, 2.45) is 5.10 Å². The topological polar surface area (TPSA) is 45.6 Å². The highest BCUT2D eigenvalue weighted by atomic mass is 16.2. The molecule has 0 saturated heterocycles. The van der Waals surface area contributed by atoms with Crippen LogP contribution in [0.2, 0.25) is 0 Å². The monoisotopic (exact) mass is 175 g/mol. The van der Waals surface area contributed by atoms with Gasteiger partial charge < -0.3 is 0 Å². The lowest BCUT2D eigenvalue weighted by atomic mass is 10.2. The lowest BCUT2D eigenvalue weighted by Gasteiger charge is -1.98. The van der Waals surface area contributed by atoms with Crippen molar-refractivity contribution in [1.29, 1.82) is 0 Å². The number of nitrogens with zero attached hydrogens (tertiary/aromatic N) is 3. The molecule has 0 unspecified atom stereocenters. The van der Waals surface area contributed by atoms with Gasteiger partial charge >= 0.3 is 0 Å². The Morgan fingerprint density at radius 3 is 2.85 bits per heavy atom. The first-order chi connectivity index (χ1) is 6.27. The summed E-state index contributed by atoms with van der Waals surface area (Å²) in [4.78, 5) is 15.3. The van der Waals surface area contributed by atoms with E-state index in [-0.39, 0.29) is 5.91 Å². The molecule has 0 N–H and O–H groups in total. The van der Waals surface area contributed by atoms with E-state index in [0.29, 0.717) is 6.42 Å². The second-order valence-corrected chi connectivity index (χ2v) is 2.86. The maximum atomic E-state index is 11.1. The van der Waals surface area contributed by atoms with Crippen molar-refractivity contribution < 1.29 is 4.79 Å². The van der Waals surface area contributed by atoms with Gasteiger partial charge in [-0.3, -0.25) is 9.78 Å². The fourth-order valence-corrected chi connectivity index (χ4v) is 1.21. The van der Waals surface area contributed by atoms with Gasteiger partial charge in [-0.1, -0.05) is 6.07 Å². The van der Waals surface area contributed by atoms with Gasteiger partial charge in [0.15, 0.2) is 0 Å². The highest BCUT2D eigenvalue weighted by Crippen LogP contribution is 2.10. The zero-order chi connectivity index (χ0) is 9.26. The van der Waals surface area contributed by atoms with Crippen LogP contribution in [-0.4, -0.2) is 28.7 Å². The van der Waals surface area contributed by atoms with Crippen molar-refractivity contribution in [3.05, 3.63) is 30.1 Å². The van der Waals surface area contributed by atoms with Gasteiger partial charge in [-0.25, -0.2) is 5.01 Å². The zero-order valence-electron chi connectivity index (χ0n) is 7.27. The van der Waals surface area contributed by atoms with E-state index in [4.69, 9.17) is 0 Å². The Morgan fingerprint density at radius 2 is 2.31 bits per heavy atom. The van der Waals surface area contributed by atoms with Crippen molar-refractivity contribution in [2.75, 3.05) is 7.05 Å². The summed E-state index contributed by atoms with van der Waals surface area (Å²) in [6.07, 6.45) is 2.05. The van der Waals surface area contributed by atoms with Gasteiger partial charge in [0.25, 0.3) is 0 Å². The average Bonchev–Trinajstić information content (AvgIpc) is 2.49. The van der Waals surface area contributed by atoms with Gasteiger partial charge in [0.2, 0.25) is 5.91 Å². The molecule has 0 atom stereocenters. The Hall–Kier alpha value is -1.71. The number of hydrogen-bond donors (Lipinski definition) is 0. The summed E-state index contributed by atoms with van der Waals surface area (Å²) in [5.74, 6) is 0.0145. The number of hydrazone groups is 1. The molecule has 2 rings (SSSR count). The predicted molar refractivity (Wildman–Crippen MR) is 48.2 cm³/mol. The third-order valence-corrected chi connectivity index (χ3v) is 1.91. The molecule has 13 heavy (non-hydrogen) atoms. The van der Waals surface area contributed by atoms with Crippen LogP contribution in [0.15, 0.2) is 29.5 Å².